The van der Waals surface area contributed by atoms with Crippen molar-refractivity contribution in [1.29, 1.82) is 0 Å². The Morgan fingerprint density at radius 3 is 0.648 bits per heavy atom. The first-order valence-electron chi connectivity index (χ1n) is 18.4. The van der Waals surface area contributed by atoms with Crippen LogP contribution in [0, 0.1) is 0 Å². The summed E-state index contributed by atoms with van der Waals surface area (Å²) in [6.07, 6.45) is 1.84. The fourth-order valence-corrected chi connectivity index (χ4v) is 16.0. The number of hydrogen-bond acceptors (Lipinski definition) is 2. The molecule has 0 aromatic heterocycles. The molecule has 0 unspecified atom stereocenters. The van der Waals surface area contributed by atoms with E-state index in [1.54, 1.807) is 0 Å². The molecule has 8 aromatic rings. The van der Waals surface area contributed by atoms with Crippen LogP contribution in [0.1, 0.15) is 11.1 Å². The zero-order valence-electron chi connectivity index (χ0n) is 30.1. The Balaban J connectivity index is 1.06. The second-order valence-electron chi connectivity index (χ2n) is 13.5. The van der Waals surface area contributed by atoms with Crippen LogP contribution in [-0.4, -0.2) is 0 Å². The monoisotopic (exact) mass is 732 g/mol. The molecule has 8 aromatic carbocycles. The van der Waals surface area contributed by atoms with Crippen LogP contribution in [0.25, 0.3) is 0 Å². The molecule has 4 heteroatoms. The van der Waals surface area contributed by atoms with Crippen LogP contribution in [0.2, 0.25) is 0 Å². The molecule has 0 radical (unpaired) electrons. The van der Waals surface area contributed by atoms with Crippen molar-refractivity contribution in [3.05, 3.63) is 242 Å². The van der Waals surface area contributed by atoms with Crippen molar-refractivity contribution < 1.29 is 0 Å². The van der Waals surface area contributed by atoms with E-state index in [1.165, 1.54) is 43.0 Å². The van der Waals surface area contributed by atoms with Crippen molar-refractivity contribution in [2.24, 2.45) is 10.2 Å². The number of azo groups is 1. The average Bonchev–Trinajstić information content (AvgIpc) is 3.27. The highest BCUT2D eigenvalue weighted by Gasteiger charge is 2.46. The van der Waals surface area contributed by atoms with Gasteiger partial charge in [0.25, 0.3) is 0 Å². The van der Waals surface area contributed by atoms with E-state index in [4.69, 9.17) is 0 Å². The maximum Gasteiger partial charge on any atom is 0.116 e. The Morgan fingerprint density at radius 1 is 0.241 bits per heavy atom. The lowest BCUT2D eigenvalue weighted by atomic mass is 10.2. The summed E-state index contributed by atoms with van der Waals surface area (Å²) in [5.41, 5.74) is 4.25. The van der Waals surface area contributed by atoms with Gasteiger partial charge in [-0.15, -0.1) is 0 Å². The second-order valence-corrected chi connectivity index (χ2v) is 20.5. The number of hydrogen-bond donors (Lipinski definition) is 0. The predicted octanol–water partition coefficient (Wildman–Crippen LogP) is 11.1. The molecule has 8 rings (SSSR count). The van der Waals surface area contributed by atoms with Crippen molar-refractivity contribution in [1.82, 2.24) is 0 Å². The Kier molecular flexibility index (Phi) is 10.8. The number of benzene rings is 8. The number of rotatable bonds is 12. The maximum atomic E-state index is 4.68. The minimum atomic E-state index is -1.98. The summed E-state index contributed by atoms with van der Waals surface area (Å²) >= 11 is 0. The Morgan fingerprint density at radius 2 is 0.444 bits per heavy atom. The van der Waals surface area contributed by atoms with E-state index < -0.39 is 14.5 Å². The van der Waals surface area contributed by atoms with Crippen molar-refractivity contribution in [3.63, 3.8) is 0 Å². The normalized spacial score (nSPS) is 11.8. The van der Waals surface area contributed by atoms with E-state index in [0.717, 1.165) is 23.7 Å². The highest BCUT2D eigenvalue weighted by Crippen LogP contribution is 2.59. The Bertz CT molecular complexity index is 2020. The molecular weight excluding hydrogens is 691 g/mol. The van der Waals surface area contributed by atoms with Gasteiger partial charge in [-0.1, -0.05) is 133 Å². The molecule has 260 valence electrons. The van der Waals surface area contributed by atoms with Crippen LogP contribution in [0.5, 0.6) is 0 Å². The highest BCUT2D eigenvalue weighted by molar-refractivity contribution is 7.95. The second kappa shape index (κ2) is 16.5. The van der Waals surface area contributed by atoms with Crippen molar-refractivity contribution >= 4 is 57.7 Å². The van der Waals surface area contributed by atoms with Gasteiger partial charge in [-0.05, 0) is 108 Å². The summed E-state index contributed by atoms with van der Waals surface area (Å²) in [4.78, 5) is 0. The molecule has 0 saturated carbocycles. The zero-order valence-corrected chi connectivity index (χ0v) is 31.9. The largest absolute Gasteiger partial charge is 0.151 e. The molecule has 0 bridgehead atoms. The molecule has 0 fully saturated rings. The minimum Gasteiger partial charge on any atom is -0.151 e. The molecule has 0 atom stereocenters. The van der Waals surface area contributed by atoms with Crippen LogP contribution >= 0.6 is 14.5 Å². The van der Waals surface area contributed by atoms with Gasteiger partial charge in [0.2, 0.25) is 0 Å². The molecular formula is C50H42N2P2+2. The SMILES string of the molecule is c1ccc([P+](Cc2ccc(N=Nc3ccc(C[P+](c4ccccc4)(c4ccccc4)c4ccccc4)cc3)cc2)(c2ccccc2)c2ccccc2)cc1. The molecule has 2 nitrogen and oxygen atoms in total. The van der Waals surface area contributed by atoms with Gasteiger partial charge in [0, 0.05) is 0 Å². The smallest absolute Gasteiger partial charge is 0.116 e. The molecule has 0 heterocycles. The Hall–Kier alpha value is -5.78. The number of nitrogens with zero attached hydrogens (tertiary/aromatic N) is 2. The lowest BCUT2D eigenvalue weighted by Crippen LogP contribution is -2.32. The van der Waals surface area contributed by atoms with Crippen LogP contribution in [0.3, 0.4) is 0 Å². The quantitative estimate of drug-likeness (QED) is 0.0883. The third-order valence-corrected chi connectivity index (χ3v) is 18.9. The Labute approximate surface area is 320 Å². The van der Waals surface area contributed by atoms with E-state index in [0.29, 0.717) is 0 Å². The lowest BCUT2D eigenvalue weighted by Gasteiger charge is -2.28. The van der Waals surface area contributed by atoms with E-state index in [2.05, 4.69) is 241 Å². The first-order valence-corrected chi connectivity index (χ1v) is 22.4. The third kappa shape index (κ3) is 7.37. The lowest BCUT2D eigenvalue weighted by molar-refractivity contribution is 1.22. The van der Waals surface area contributed by atoms with Gasteiger partial charge >= 0.3 is 0 Å². The molecule has 0 N–H and O–H groups in total. The zero-order chi connectivity index (χ0) is 36.5. The first kappa shape index (κ1) is 35.3. The van der Waals surface area contributed by atoms with Crippen molar-refractivity contribution in [2.45, 2.75) is 12.3 Å². The van der Waals surface area contributed by atoms with E-state index >= 15 is 0 Å². The fourth-order valence-electron chi connectivity index (χ4n) is 7.54. The molecule has 0 amide bonds. The van der Waals surface area contributed by atoms with Crippen LogP contribution in [-0.2, 0) is 12.3 Å². The van der Waals surface area contributed by atoms with Crippen LogP contribution < -0.4 is 31.8 Å². The third-order valence-electron chi connectivity index (χ3n) is 10.2. The van der Waals surface area contributed by atoms with E-state index in [1.807, 2.05) is 0 Å². The van der Waals surface area contributed by atoms with Gasteiger partial charge in [0.1, 0.15) is 46.4 Å². The first-order chi connectivity index (χ1) is 26.7. The summed E-state index contributed by atoms with van der Waals surface area (Å²) in [5.74, 6) is 0. The minimum absolute atomic E-state index is 0.841. The van der Waals surface area contributed by atoms with Gasteiger partial charge < -0.3 is 0 Å². The van der Waals surface area contributed by atoms with E-state index in [-0.39, 0.29) is 0 Å². The average molecular weight is 733 g/mol. The summed E-state index contributed by atoms with van der Waals surface area (Å²) in [5, 5.41) is 17.6. The standard InChI is InChI=1S/C50H42N2P2/c1-7-19-45(20-8-1)53(46-21-9-2-10-22-46,47-23-11-3-12-24-47)39-41-31-35-43(36-32-41)51-52-44-37-33-42(34-38-44)40-54(48-25-13-4-14-26-48,49-27-15-5-16-28-49)50-29-17-6-18-30-50/h1-38H,39-40H2/q+2. The molecule has 0 aliphatic heterocycles. The van der Waals surface area contributed by atoms with Gasteiger partial charge in [-0.25, -0.2) is 0 Å². The van der Waals surface area contributed by atoms with Gasteiger partial charge in [0.15, 0.2) is 0 Å². The van der Waals surface area contributed by atoms with E-state index in [9.17, 15) is 0 Å². The summed E-state index contributed by atoms with van der Waals surface area (Å²) in [6, 6.07) is 83.5. The van der Waals surface area contributed by atoms with Gasteiger partial charge in [0.05, 0.1) is 23.7 Å². The summed E-state index contributed by atoms with van der Waals surface area (Å²) < 4.78 is 0. The molecule has 0 aliphatic carbocycles. The van der Waals surface area contributed by atoms with Crippen LogP contribution in [0.15, 0.2) is 241 Å². The molecule has 0 aliphatic rings. The topological polar surface area (TPSA) is 24.7 Å². The molecule has 0 spiro atoms. The summed E-state index contributed by atoms with van der Waals surface area (Å²) in [6.45, 7) is 0. The highest BCUT2D eigenvalue weighted by atomic mass is 31.2. The predicted molar refractivity (Wildman–Crippen MR) is 235 cm³/mol. The summed E-state index contributed by atoms with van der Waals surface area (Å²) in [7, 11) is -3.97. The van der Waals surface area contributed by atoms with Crippen LogP contribution in [0.4, 0.5) is 11.4 Å². The molecule has 54 heavy (non-hydrogen) atoms. The molecule has 0 saturated heterocycles. The fraction of sp³-hybridized carbons (Fsp3) is 0.0400. The van der Waals surface area contributed by atoms with Crippen molar-refractivity contribution in [2.75, 3.05) is 0 Å². The van der Waals surface area contributed by atoms with Gasteiger partial charge in [-0.3, -0.25) is 0 Å². The van der Waals surface area contributed by atoms with Gasteiger partial charge in [-0.2, -0.15) is 10.2 Å². The maximum absolute atomic E-state index is 4.68. The van der Waals surface area contributed by atoms with Crippen molar-refractivity contribution in [3.8, 4) is 0 Å².